The van der Waals surface area contributed by atoms with Gasteiger partial charge in [-0.25, -0.2) is 9.18 Å². The molecule has 2 saturated heterocycles. The topological polar surface area (TPSA) is 61.6 Å². The lowest BCUT2D eigenvalue weighted by Gasteiger charge is -2.26. The number of carbonyl (C=O) groups excluding carboxylic acids is 2. The molecule has 2 fully saturated rings. The van der Waals surface area contributed by atoms with Gasteiger partial charge in [0, 0.05) is 29.3 Å². The van der Waals surface area contributed by atoms with Gasteiger partial charge >= 0.3 is 12.0 Å². The summed E-state index contributed by atoms with van der Waals surface area (Å²) < 4.78 is 16.2. The Morgan fingerprint density at radius 1 is 1.19 bits per heavy atom. The Balaban J connectivity index is 1.49. The molecule has 0 saturated carbocycles. The van der Waals surface area contributed by atoms with Crippen LogP contribution < -0.4 is 5.43 Å². The van der Waals surface area contributed by atoms with Crippen molar-refractivity contribution in [3.63, 3.8) is 0 Å². The Morgan fingerprint density at radius 3 is 2.68 bits per heavy atom. The summed E-state index contributed by atoms with van der Waals surface area (Å²) in [5, 5.41) is 0. The summed E-state index contributed by atoms with van der Waals surface area (Å²) in [5.41, 5.74) is 6.42. The van der Waals surface area contributed by atoms with Crippen molar-refractivity contribution >= 4 is 17.6 Å². The first kappa shape index (κ1) is 25.0. The highest BCUT2D eigenvalue weighted by Gasteiger charge is 2.60. The van der Waals surface area contributed by atoms with Crippen LogP contribution in [0.4, 0.5) is 4.39 Å². The van der Waals surface area contributed by atoms with Gasteiger partial charge in [0.25, 0.3) is 11.6 Å². The van der Waals surface area contributed by atoms with Crippen molar-refractivity contribution in [2.75, 3.05) is 13.6 Å². The maximum absolute atomic E-state index is 14.3. The summed E-state index contributed by atoms with van der Waals surface area (Å²) in [6.07, 6.45) is 9.37. The van der Waals surface area contributed by atoms with Crippen molar-refractivity contribution in [1.29, 1.82) is 0 Å². The van der Waals surface area contributed by atoms with Crippen molar-refractivity contribution < 1.29 is 28.4 Å². The molecule has 3 aliphatic rings. The number of hydrogen-bond acceptors (Lipinski definition) is 4. The van der Waals surface area contributed by atoms with Crippen LogP contribution in [-0.2, 0) is 21.0 Å². The Bertz CT molecular complexity index is 1290. The third-order valence-electron chi connectivity index (χ3n) is 7.30. The standard InChI is InChI=1S/C29H32FN4O3/c1-21-29(36)37-34(2,33(21)27(22-12-5-3-6-13-22)23-14-7-4-8-15-23)31-28(35)26-18-11-19-32(26)20-24-16-9-10-17-25(24)30/h3-7,9-10,12-14,16-17,21,26H,8,11,15,18-20H2,1-2H3/q+1/p+1/b33-27-/t21-,26-,34+/m0/s1. The highest BCUT2D eigenvalue weighted by molar-refractivity contribution is 6.09. The van der Waals surface area contributed by atoms with E-state index in [0.29, 0.717) is 25.1 Å². The SMILES string of the molecule is C[C@H]1C(=O)O[N@+](C)(NC(=O)[C@@H]2CCCN2Cc2ccccc2F)/[N+]1=C(\C1=CC=CCC1)c1ccccc1. The fourth-order valence-corrected chi connectivity index (χ4v) is 5.48. The molecular formula is C29H33FN4O3+2. The lowest BCUT2D eigenvalue weighted by Crippen LogP contribution is -2.64. The molecule has 8 heteroatoms. The van der Waals surface area contributed by atoms with Crippen LogP contribution in [0, 0.1) is 5.82 Å². The monoisotopic (exact) mass is 504 g/mol. The number of quaternary nitrogens is 1. The number of allylic oxidation sites excluding steroid dienone is 4. The lowest BCUT2D eigenvalue weighted by atomic mass is 9.95. The maximum atomic E-state index is 14.3. The largest absolute Gasteiger partial charge is 0.451 e. The highest BCUT2D eigenvalue weighted by atomic mass is 19.1. The Kier molecular flexibility index (Phi) is 7.04. The van der Waals surface area contributed by atoms with E-state index in [2.05, 4.69) is 17.6 Å². The molecule has 192 valence electrons. The van der Waals surface area contributed by atoms with Crippen molar-refractivity contribution in [2.24, 2.45) is 0 Å². The molecule has 2 aromatic carbocycles. The lowest BCUT2D eigenvalue weighted by molar-refractivity contribution is -1.42. The molecule has 2 heterocycles. The highest BCUT2D eigenvalue weighted by Crippen LogP contribution is 2.27. The second kappa shape index (κ2) is 10.4. The zero-order valence-electron chi connectivity index (χ0n) is 21.3. The molecule has 7 nitrogen and oxygen atoms in total. The number of benzene rings is 2. The van der Waals surface area contributed by atoms with Crippen LogP contribution in [0.1, 0.15) is 43.7 Å². The smallest absolute Gasteiger partial charge is 0.287 e. The van der Waals surface area contributed by atoms with E-state index >= 15 is 0 Å². The van der Waals surface area contributed by atoms with Crippen LogP contribution in [-0.4, -0.2) is 57.7 Å². The minimum Gasteiger partial charge on any atom is -0.287 e. The third kappa shape index (κ3) is 4.99. The third-order valence-corrected chi connectivity index (χ3v) is 7.30. The molecule has 0 unspecified atom stereocenters. The number of halogens is 1. The van der Waals surface area contributed by atoms with Crippen LogP contribution in [0.5, 0.6) is 0 Å². The second-order valence-corrected chi connectivity index (χ2v) is 9.88. The van der Waals surface area contributed by atoms with Gasteiger partial charge in [-0.15, -0.1) is 5.43 Å². The normalized spacial score (nSPS) is 27.1. The van der Waals surface area contributed by atoms with Gasteiger partial charge < -0.3 is 0 Å². The molecule has 2 aliphatic heterocycles. The quantitative estimate of drug-likeness (QED) is 0.480. The van der Waals surface area contributed by atoms with Crippen molar-refractivity contribution in [3.05, 3.63) is 95.3 Å². The van der Waals surface area contributed by atoms with Crippen molar-refractivity contribution in [1.82, 2.24) is 10.3 Å². The van der Waals surface area contributed by atoms with E-state index in [1.807, 2.05) is 46.0 Å². The van der Waals surface area contributed by atoms with Gasteiger partial charge in [-0.05, 0) is 50.4 Å². The van der Waals surface area contributed by atoms with Gasteiger partial charge in [0.05, 0.1) is 11.6 Å². The number of nitrogens with zero attached hydrogens (tertiary/aromatic N) is 3. The van der Waals surface area contributed by atoms with E-state index < -0.39 is 22.9 Å². The second-order valence-electron chi connectivity index (χ2n) is 9.88. The van der Waals surface area contributed by atoms with Crippen molar-refractivity contribution in [2.45, 2.75) is 51.2 Å². The van der Waals surface area contributed by atoms with E-state index in [1.165, 1.54) is 6.07 Å². The van der Waals surface area contributed by atoms with Gasteiger partial charge in [-0.1, -0.05) is 54.6 Å². The number of amides is 1. The van der Waals surface area contributed by atoms with Crippen LogP contribution in [0.3, 0.4) is 0 Å². The molecule has 1 aliphatic carbocycles. The summed E-state index contributed by atoms with van der Waals surface area (Å²) >= 11 is 0. The summed E-state index contributed by atoms with van der Waals surface area (Å²) in [7, 11) is 1.68. The van der Waals surface area contributed by atoms with E-state index in [-0.39, 0.29) is 11.7 Å². The molecule has 5 rings (SSSR count). The zero-order valence-corrected chi connectivity index (χ0v) is 21.3. The molecule has 0 spiro atoms. The zero-order chi connectivity index (χ0) is 26.0. The minimum atomic E-state index is -0.620. The Morgan fingerprint density at radius 2 is 1.95 bits per heavy atom. The Hall–Kier alpha value is -3.62. The van der Waals surface area contributed by atoms with Gasteiger partial charge in [0.2, 0.25) is 0 Å². The molecule has 0 radical (unpaired) electrons. The molecule has 0 bridgehead atoms. The summed E-state index contributed by atoms with van der Waals surface area (Å²) in [5.74, 6) is -0.955. The van der Waals surface area contributed by atoms with Crippen LogP contribution in [0.15, 0.2) is 78.4 Å². The van der Waals surface area contributed by atoms with Crippen molar-refractivity contribution in [3.8, 4) is 0 Å². The molecule has 2 aromatic rings. The molecule has 3 atom stereocenters. The van der Waals surface area contributed by atoms with Gasteiger partial charge in [0.1, 0.15) is 5.82 Å². The molecule has 0 aromatic heterocycles. The number of likely N-dealkylation sites (tertiary alicyclic amines) is 1. The molecule has 1 amide bonds. The van der Waals surface area contributed by atoms with E-state index in [4.69, 9.17) is 4.84 Å². The molecule has 1 N–H and O–H groups in total. The van der Waals surface area contributed by atoms with Gasteiger partial charge in [-0.2, -0.15) is 4.84 Å². The van der Waals surface area contributed by atoms with E-state index in [0.717, 1.165) is 36.1 Å². The van der Waals surface area contributed by atoms with E-state index in [9.17, 15) is 14.0 Å². The number of carbonyl (C=O) groups is 2. The average molecular weight is 505 g/mol. The summed E-state index contributed by atoms with van der Waals surface area (Å²) in [4.78, 5) is 33.9. The molecular weight excluding hydrogens is 471 g/mol. The number of hydroxylamine groups is 1. The number of hydrogen-bond donors (Lipinski definition) is 1. The first-order valence-electron chi connectivity index (χ1n) is 12.8. The fraction of sp³-hybridized carbons (Fsp3) is 0.345. The van der Waals surface area contributed by atoms with Gasteiger partial charge in [-0.3, -0.25) is 9.69 Å². The van der Waals surface area contributed by atoms with E-state index in [1.54, 1.807) is 32.2 Å². The predicted molar refractivity (Wildman–Crippen MR) is 137 cm³/mol. The first-order chi connectivity index (χ1) is 17.9. The first-order valence-corrected chi connectivity index (χ1v) is 12.8. The van der Waals surface area contributed by atoms with Crippen LogP contribution in [0.25, 0.3) is 0 Å². The average Bonchev–Trinajstić information content (AvgIpc) is 3.45. The van der Waals surface area contributed by atoms with Crippen LogP contribution >= 0.6 is 0 Å². The Labute approximate surface area is 216 Å². The minimum absolute atomic E-state index is 0.256. The number of nitrogens with one attached hydrogen (secondary N) is 1. The fourth-order valence-electron chi connectivity index (χ4n) is 5.48. The predicted octanol–water partition coefficient (Wildman–Crippen LogP) is 3.82. The van der Waals surface area contributed by atoms with Gasteiger partial charge in [0.15, 0.2) is 11.9 Å². The number of rotatable bonds is 6. The summed E-state index contributed by atoms with van der Waals surface area (Å²) in [6.45, 7) is 2.83. The maximum Gasteiger partial charge on any atom is 0.451 e. The summed E-state index contributed by atoms with van der Waals surface area (Å²) in [6, 6.07) is 15.4. The van der Waals surface area contributed by atoms with Crippen LogP contribution in [0.2, 0.25) is 0 Å². The molecule has 37 heavy (non-hydrogen) atoms.